The topological polar surface area (TPSA) is 12.0 Å². The van der Waals surface area contributed by atoms with Crippen LogP contribution in [0.25, 0.3) is 0 Å². The zero-order valence-electron chi connectivity index (χ0n) is 4.78. The molecule has 1 aliphatic heterocycles. The minimum atomic E-state index is 1.07. The molecule has 0 saturated carbocycles. The van der Waals surface area contributed by atoms with E-state index < -0.39 is 0 Å². The summed E-state index contributed by atoms with van der Waals surface area (Å²) >= 11 is 3.31. The number of nitrogens with one attached hydrogen (secondary N) is 1. The van der Waals surface area contributed by atoms with Crippen LogP contribution in [0.3, 0.4) is 0 Å². The Morgan fingerprint density at radius 2 is 2.50 bits per heavy atom. The number of rotatable bonds is 0. The third kappa shape index (κ3) is 1.60. The van der Waals surface area contributed by atoms with Crippen LogP contribution in [0.15, 0.2) is 10.6 Å². The number of hydrogen-bond donors (Lipinski definition) is 1. The van der Waals surface area contributed by atoms with E-state index in [9.17, 15) is 0 Å². The van der Waals surface area contributed by atoms with Crippen molar-refractivity contribution in [2.24, 2.45) is 0 Å². The molecule has 0 unspecified atom stereocenters. The van der Waals surface area contributed by atoms with Crippen molar-refractivity contribution in [2.45, 2.75) is 12.8 Å². The van der Waals surface area contributed by atoms with Gasteiger partial charge in [-0.1, -0.05) is 15.9 Å². The lowest BCUT2D eigenvalue weighted by Crippen LogP contribution is -2.23. The molecule has 0 amide bonds. The fourth-order valence-electron chi connectivity index (χ4n) is 0.871. The average molecular weight is 176 g/mol. The van der Waals surface area contributed by atoms with Gasteiger partial charge >= 0.3 is 0 Å². The van der Waals surface area contributed by atoms with Gasteiger partial charge in [-0.25, -0.2) is 0 Å². The molecular formula is C6H10BrN. The Labute approximate surface area is 58.3 Å². The van der Waals surface area contributed by atoms with Crippen molar-refractivity contribution in [1.82, 2.24) is 5.32 Å². The van der Waals surface area contributed by atoms with Gasteiger partial charge in [0.15, 0.2) is 0 Å². The molecule has 0 atom stereocenters. The van der Waals surface area contributed by atoms with Crippen LogP contribution in [-0.4, -0.2) is 13.1 Å². The van der Waals surface area contributed by atoms with Gasteiger partial charge in [-0.15, -0.1) is 0 Å². The van der Waals surface area contributed by atoms with Crippen LogP contribution in [0.2, 0.25) is 0 Å². The molecule has 0 aromatic carbocycles. The molecule has 8 heavy (non-hydrogen) atoms. The van der Waals surface area contributed by atoms with E-state index >= 15 is 0 Å². The first kappa shape index (κ1) is 6.30. The summed E-state index contributed by atoms with van der Waals surface area (Å²) < 4.78 is 0. The SMILES string of the molecule is Br/C=C1/CCCNC1. The molecule has 1 nitrogen and oxygen atoms in total. The van der Waals surface area contributed by atoms with E-state index in [2.05, 4.69) is 21.2 Å². The summed E-state index contributed by atoms with van der Waals surface area (Å²) in [6.07, 6.45) is 2.55. The predicted molar refractivity (Wildman–Crippen MR) is 39.1 cm³/mol. The van der Waals surface area contributed by atoms with Crippen LogP contribution in [0.4, 0.5) is 0 Å². The van der Waals surface area contributed by atoms with Crippen LogP contribution in [0.1, 0.15) is 12.8 Å². The van der Waals surface area contributed by atoms with Crippen molar-refractivity contribution in [2.75, 3.05) is 13.1 Å². The van der Waals surface area contributed by atoms with Gasteiger partial charge in [0.1, 0.15) is 0 Å². The van der Waals surface area contributed by atoms with E-state index in [1.54, 1.807) is 0 Å². The maximum atomic E-state index is 3.31. The molecule has 1 saturated heterocycles. The van der Waals surface area contributed by atoms with E-state index in [4.69, 9.17) is 0 Å². The Hall–Kier alpha value is 0.180. The van der Waals surface area contributed by atoms with Gasteiger partial charge in [0.2, 0.25) is 0 Å². The fraction of sp³-hybridized carbons (Fsp3) is 0.667. The first-order valence-electron chi connectivity index (χ1n) is 2.92. The van der Waals surface area contributed by atoms with Crippen molar-refractivity contribution in [1.29, 1.82) is 0 Å². The third-order valence-corrected chi connectivity index (χ3v) is 2.01. The standard InChI is InChI=1S/C6H10BrN/c7-4-6-2-1-3-8-5-6/h4,8H,1-3,5H2/b6-4-. The minimum Gasteiger partial charge on any atom is -0.313 e. The monoisotopic (exact) mass is 175 g/mol. The van der Waals surface area contributed by atoms with E-state index in [0.717, 1.165) is 6.54 Å². The smallest absolute Gasteiger partial charge is 0.0172 e. The van der Waals surface area contributed by atoms with Crippen molar-refractivity contribution >= 4 is 15.9 Å². The van der Waals surface area contributed by atoms with Gasteiger partial charge in [0.25, 0.3) is 0 Å². The molecule has 1 heterocycles. The maximum Gasteiger partial charge on any atom is 0.0172 e. The zero-order valence-corrected chi connectivity index (χ0v) is 6.37. The fourth-order valence-corrected chi connectivity index (χ4v) is 1.26. The van der Waals surface area contributed by atoms with Gasteiger partial charge < -0.3 is 5.32 Å². The highest BCUT2D eigenvalue weighted by Crippen LogP contribution is 2.09. The molecule has 0 spiro atoms. The first-order valence-corrected chi connectivity index (χ1v) is 3.84. The van der Waals surface area contributed by atoms with Gasteiger partial charge in [0, 0.05) is 6.54 Å². The molecule has 2 heteroatoms. The molecule has 0 radical (unpaired) electrons. The molecule has 0 aromatic rings. The van der Waals surface area contributed by atoms with Crippen LogP contribution >= 0.6 is 15.9 Å². The predicted octanol–water partition coefficient (Wildman–Crippen LogP) is 1.65. The maximum absolute atomic E-state index is 3.31. The highest BCUT2D eigenvalue weighted by atomic mass is 79.9. The van der Waals surface area contributed by atoms with Crippen LogP contribution in [0, 0.1) is 0 Å². The van der Waals surface area contributed by atoms with Gasteiger partial charge in [-0.2, -0.15) is 0 Å². The summed E-state index contributed by atoms with van der Waals surface area (Å²) in [5, 5.41) is 3.29. The molecule has 1 N–H and O–H groups in total. The molecule has 1 rings (SSSR count). The highest BCUT2D eigenvalue weighted by Gasteiger charge is 2.01. The van der Waals surface area contributed by atoms with Crippen molar-refractivity contribution in [3.05, 3.63) is 10.6 Å². The van der Waals surface area contributed by atoms with Crippen molar-refractivity contribution in [3.8, 4) is 0 Å². The van der Waals surface area contributed by atoms with E-state index in [1.807, 2.05) is 4.99 Å². The minimum absolute atomic E-state index is 1.07. The largest absolute Gasteiger partial charge is 0.313 e. The lowest BCUT2D eigenvalue weighted by molar-refractivity contribution is 0.611. The second-order valence-corrected chi connectivity index (χ2v) is 2.51. The lowest BCUT2D eigenvalue weighted by Gasteiger charge is -2.13. The number of hydrogen-bond acceptors (Lipinski definition) is 1. The van der Waals surface area contributed by atoms with Crippen LogP contribution in [0.5, 0.6) is 0 Å². The van der Waals surface area contributed by atoms with Gasteiger partial charge in [-0.05, 0) is 29.9 Å². The Morgan fingerprint density at radius 3 is 2.88 bits per heavy atom. The quantitative estimate of drug-likeness (QED) is 0.591. The van der Waals surface area contributed by atoms with E-state index in [0.29, 0.717) is 0 Å². The molecule has 1 fully saturated rings. The second kappa shape index (κ2) is 3.25. The van der Waals surface area contributed by atoms with Crippen molar-refractivity contribution < 1.29 is 0 Å². The Bertz CT molecular complexity index is 90.7. The number of piperidine rings is 1. The lowest BCUT2D eigenvalue weighted by atomic mass is 10.1. The van der Waals surface area contributed by atoms with Gasteiger partial charge in [0.05, 0.1) is 0 Å². The van der Waals surface area contributed by atoms with Crippen LogP contribution in [-0.2, 0) is 0 Å². The summed E-state index contributed by atoms with van der Waals surface area (Å²) in [4.78, 5) is 2.03. The second-order valence-electron chi connectivity index (χ2n) is 2.05. The number of halogens is 1. The summed E-state index contributed by atoms with van der Waals surface area (Å²) in [6, 6.07) is 0. The van der Waals surface area contributed by atoms with E-state index in [1.165, 1.54) is 25.0 Å². The summed E-state index contributed by atoms with van der Waals surface area (Å²) in [6.45, 7) is 2.26. The third-order valence-electron chi connectivity index (χ3n) is 1.36. The Kier molecular flexibility index (Phi) is 2.56. The average Bonchev–Trinajstić information content (AvgIpc) is 1.90. The summed E-state index contributed by atoms with van der Waals surface area (Å²) in [7, 11) is 0. The summed E-state index contributed by atoms with van der Waals surface area (Å²) in [5.41, 5.74) is 1.48. The highest BCUT2D eigenvalue weighted by molar-refractivity contribution is 9.11. The van der Waals surface area contributed by atoms with E-state index in [-0.39, 0.29) is 0 Å². The summed E-state index contributed by atoms with van der Waals surface area (Å²) in [5.74, 6) is 0. The molecular weight excluding hydrogens is 166 g/mol. The van der Waals surface area contributed by atoms with Crippen molar-refractivity contribution in [3.63, 3.8) is 0 Å². The molecule has 46 valence electrons. The van der Waals surface area contributed by atoms with Gasteiger partial charge in [-0.3, -0.25) is 0 Å². The Morgan fingerprint density at radius 1 is 1.62 bits per heavy atom. The normalized spacial score (nSPS) is 26.4. The molecule has 1 aliphatic rings. The molecule has 0 aliphatic carbocycles. The first-order chi connectivity index (χ1) is 3.93. The molecule has 0 bridgehead atoms. The van der Waals surface area contributed by atoms with Crippen LogP contribution < -0.4 is 5.32 Å². The zero-order chi connectivity index (χ0) is 5.82. The Balaban J connectivity index is 2.33. The molecule has 0 aromatic heterocycles.